The summed E-state index contributed by atoms with van der Waals surface area (Å²) in [5.41, 5.74) is 10.6. The number of alkyl halides is 3. The summed E-state index contributed by atoms with van der Waals surface area (Å²) in [6.07, 6.45) is -0.234. The zero-order chi connectivity index (χ0) is 45.3. The molecule has 4 rings (SSSR count). The molecule has 0 saturated heterocycles. The van der Waals surface area contributed by atoms with E-state index in [2.05, 4.69) is 34.4 Å². The molecule has 61 heavy (non-hydrogen) atoms. The minimum Gasteiger partial charge on any atom is -0.379 e. The Morgan fingerprint density at radius 3 is 1.97 bits per heavy atom. The highest BCUT2D eigenvalue weighted by atomic mass is 19.4. The number of pyridine rings is 1. The Labute approximate surface area is 361 Å². The van der Waals surface area contributed by atoms with E-state index in [0.717, 1.165) is 61.2 Å². The second kappa shape index (κ2) is 33.0. The Morgan fingerprint density at radius 1 is 0.770 bits per heavy atom. The fourth-order valence-corrected chi connectivity index (χ4v) is 5.65. The number of nitrogens with two attached hydrogens (primary N) is 1. The maximum Gasteiger partial charge on any atom is 0.416 e. The summed E-state index contributed by atoms with van der Waals surface area (Å²) in [6, 6.07) is 22.2. The molecule has 4 N–H and O–H groups in total. The Kier molecular flexibility index (Phi) is 29.4. The third-order valence-electron chi connectivity index (χ3n) is 8.53. The maximum atomic E-state index is 13.3. The van der Waals surface area contributed by atoms with Gasteiger partial charge in [0.05, 0.1) is 63.2 Å². The summed E-state index contributed by atoms with van der Waals surface area (Å²) >= 11 is 0. The van der Waals surface area contributed by atoms with E-state index in [1.54, 1.807) is 37.5 Å². The summed E-state index contributed by atoms with van der Waals surface area (Å²) in [4.78, 5) is 31.5. The predicted octanol–water partition coefficient (Wildman–Crippen LogP) is 9.09. The van der Waals surface area contributed by atoms with Gasteiger partial charge in [-0.1, -0.05) is 58.0 Å². The molecule has 0 atom stereocenters. The van der Waals surface area contributed by atoms with Crippen molar-refractivity contribution in [1.29, 1.82) is 0 Å². The lowest BCUT2D eigenvalue weighted by molar-refractivity contribution is -0.137. The third-order valence-corrected chi connectivity index (χ3v) is 8.53. The molecule has 0 fully saturated rings. The van der Waals surface area contributed by atoms with Crippen molar-refractivity contribution in [3.63, 3.8) is 0 Å². The Hall–Kier alpha value is -4.70. The van der Waals surface area contributed by atoms with Gasteiger partial charge in [-0.15, -0.1) is 0 Å². The number of aromatic nitrogens is 1. The lowest BCUT2D eigenvalue weighted by atomic mass is 10.0. The van der Waals surface area contributed by atoms with Crippen LogP contribution in [0.2, 0.25) is 0 Å². The molecule has 0 aliphatic heterocycles. The highest BCUT2D eigenvalue weighted by molar-refractivity contribution is 6.06. The molecule has 14 heteroatoms. The standard InChI is InChI=1S/C34H46N4O6.C9H10F3N.2C2H6/c1-3-38(4-2)30-10-11-32(31(25-30)33-24-28(26-39)12-14-36-33)37-34(40)29-9-5-7-27(23-29)8-6-15-41-17-19-43-21-22-44-20-18-42-16-13-35;1-13-6-7-3-2-4-8(5-7)9(10,11)12;2*1-2/h5,7,9-12,14,23-26H,3-4,6,8,13,15-22,35H2,1-2H3,(H,37,40);2-5,13H,6H2,1H3;2*1-2H3. The summed E-state index contributed by atoms with van der Waals surface area (Å²) < 4.78 is 58.4. The molecule has 3 aromatic carbocycles. The van der Waals surface area contributed by atoms with E-state index in [4.69, 9.17) is 24.7 Å². The second-order valence-electron chi connectivity index (χ2n) is 12.7. The number of aldehydes is 1. The molecular weight excluding hydrogens is 788 g/mol. The lowest BCUT2D eigenvalue weighted by Gasteiger charge is -2.23. The van der Waals surface area contributed by atoms with Crippen LogP contribution in [-0.4, -0.2) is 96.7 Å². The van der Waals surface area contributed by atoms with Gasteiger partial charge in [0.1, 0.15) is 6.29 Å². The van der Waals surface area contributed by atoms with E-state index >= 15 is 0 Å². The molecule has 0 radical (unpaired) electrons. The van der Waals surface area contributed by atoms with Gasteiger partial charge < -0.3 is 40.2 Å². The number of hydrogen-bond donors (Lipinski definition) is 3. The number of hydrogen-bond acceptors (Lipinski definition) is 10. The van der Waals surface area contributed by atoms with E-state index in [0.29, 0.717) is 94.0 Å². The molecule has 0 aliphatic rings. The number of anilines is 2. The minimum atomic E-state index is -4.25. The van der Waals surface area contributed by atoms with E-state index < -0.39 is 11.7 Å². The normalized spacial score (nSPS) is 10.6. The summed E-state index contributed by atoms with van der Waals surface area (Å²) in [7, 11) is 1.69. The van der Waals surface area contributed by atoms with Gasteiger partial charge in [-0.05, 0) is 93.4 Å². The van der Waals surface area contributed by atoms with Crippen molar-refractivity contribution >= 4 is 23.6 Å². The molecular formula is C47H68F3N5O6. The molecule has 1 heterocycles. The second-order valence-corrected chi connectivity index (χ2v) is 12.7. The molecule has 4 aromatic rings. The van der Waals surface area contributed by atoms with E-state index in [9.17, 15) is 22.8 Å². The van der Waals surface area contributed by atoms with Gasteiger partial charge in [-0.25, -0.2) is 0 Å². The number of nitrogens with zero attached hydrogens (tertiary/aromatic N) is 2. The maximum absolute atomic E-state index is 13.3. The van der Waals surface area contributed by atoms with Crippen LogP contribution in [0.3, 0.4) is 0 Å². The van der Waals surface area contributed by atoms with Crippen LogP contribution in [0.15, 0.2) is 85.1 Å². The van der Waals surface area contributed by atoms with Crippen LogP contribution >= 0.6 is 0 Å². The number of nitrogens with one attached hydrogen (secondary N) is 2. The molecule has 0 unspecified atom stereocenters. The average Bonchev–Trinajstić information content (AvgIpc) is 3.29. The number of carbonyl (C=O) groups is 2. The molecule has 0 spiro atoms. The van der Waals surface area contributed by atoms with Crippen LogP contribution in [0.25, 0.3) is 11.3 Å². The van der Waals surface area contributed by atoms with Crippen LogP contribution < -0.4 is 21.3 Å². The largest absolute Gasteiger partial charge is 0.416 e. The van der Waals surface area contributed by atoms with Crippen molar-refractivity contribution in [1.82, 2.24) is 10.3 Å². The number of carbonyl (C=O) groups excluding carboxylic acids is 2. The van der Waals surface area contributed by atoms with Crippen LogP contribution in [-0.2, 0) is 38.1 Å². The molecule has 338 valence electrons. The minimum absolute atomic E-state index is 0.212. The van der Waals surface area contributed by atoms with E-state index in [1.807, 2.05) is 64.1 Å². The monoisotopic (exact) mass is 856 g/mol. The first kappa shape index (κ1) is 54.3. The molecule has 1 aromatic heterocycles. The fourth-order valence-electron chi connectivity index (χ4n) is 5.65. The highest BCUT2D eigenvalue weighted by Crippen LogP contribution is 2.32. The van der Waals surface area contributed by atoms with Crippen LogP contribution in [0.5, 0.6) is 0 Å². The number of benzene rings is 3. The Balaban J connectivity index is 0.000000918. The number of halogens is 3. The van der Waals surface area contributed by atoms with Gasteiger partial charge in [-0.3, -0.25) is 14.6 Å². The van der Waals surface area contributed by atoms with Gasteiger partial charge in [0.2, 0.25) is 0 Å². The Morgan fingerprint density at radius 2 is 1.38 bits per heavy atom. The van der Waals surface area contributed by atoms with Crippen molar-refractivity contribution in [3.05, 3.63) is 113 Å². The van der Waals surface area contributed by atoms with E-state index in [1.165, 1.54) is 6.07 Å². The SMILES string of the molecule is CC.CC.CCN(CC)c1ccc(NC(=O)c2cccc(CCCOCCOCCOCCOCCN)c2)c(-c2cc(C=O)ccn2)c1.CNCc1cccc(C(F)(F)F)c1. The first-order valence-corrected chi connectivity index (χ1v) is 21.2. The van der Waals surface area contributed by atoms with Crippen molar-refractivity contribution in [2.45, 2.75) is 67.1 Å². The quantitative estimate of drug-likeness (QED) is 0.0463. The highest BCUT2D eigenvalue weighted by Gasteiger charge is 2.30. The molecule has 0 saturated carbocycles. The molecule has 0 aliphatic carbocycles. The number of aryl methyl sites for hydroxylation is 1. The van der Waals surface area contributed by atoms with Crippen LogP contribution in [0, 0.1) is 0 Å². The summed E-state index contributed by atoms with van der Waals surface area (Å²) in [5.74, 6) is -0.212. The molecule has 1 amide bonds. The number of rotatable bonds is 24. The van der Waals surface area contributed by atoms with Gasteiger partial charge in [0.25, 0.3) is 5.91 Å². The zero-order valence-corrected chi connectivity index (χ0v) is 37.1. The van der Waals surface area contributed by atoms with Crippen LogP contribution in [0.4, 0.5) is 24.5 Å². The summed E-state index contributed by atoms with van der Waals surface area (Å²) in [6.45, 7) is 19.1. The molecule has 0 bridgehead atoms. The van der Waals surface area contributed by atoms with Crippen molar-refractivity contribution in [3.8, 4) is 11.3 Å². The first-order chi connectivity index (χ1) is 29.6. The third kappa shape index (κ3) is 21.6. The predicted molar refractivity (Wildman–Crippen MR) is 241 cm³/mol. The van der Waals surface area contributed by atoms with Gasteiger partial charge in [0.15, 0.2) is 0 Å². The number of ether oxygens (including phenoxy) is 4. The smallest absolute Gasteiger partial charge is 0.379 e. The fraction of sp³-hybridized carbons (Fsp3) is 0.468. The van der Waals surface area contributed by atoms with Crippen molar-refractivity contribution < 1.29 is 41.7 Å². The Bertz CT molecular complexity index is 1780. The lowest BCUT2D eigenvalue weighted by Crippen LogP contribution is -2.22. The molecule has 11 nitrogen and oxygen atoms in total. The summed E-state index contributed by atoms with van der Waals surface area (Å²) in [5, 5.41) is 5.86. The van der Waals surface area contributed by atoms with Gasteiger partial charge >= 0.3 is 6.18 Å². The van der Waals surface area contributed by atoms with Crippen molar-refractivity contribution in [2.75, 3.05) is 89.8 Å². The number of amides is 1. The first-order valence-electron chi connectivity index (χ1n) is 21.2. The van der Waals surface area contributed by atoms with Gasteiger partial charge in [-0.2, -0.15) is 13.2 Å². The zero-order valence-electron chi connectivity index (χ0n) is 37.1. The topological polar surface area (TPSA) is 137 Å². The van der Waals surface area contributed by atoms with Crippen LogP contribution in [0.1, 0.15) is 85.4 Å². The van der Waals surface area contributed by atoms with Crippen molar-refractivity contribution in [2.24, 2.45) is 5.73 Å². The average molecular weight is 856 g/mol. The van der Waals surface area contributed by atoms with E-state index in [-0.39, 0.29) is 5.91 Å². The van der Waals surface area contributed by atoms with Gasteiger partial charge in [0, 0.05) is 61.4 Å².